The number of hydrogen-bond acceptors (Lipinski definition) is 3. The van der Waals surface area contributed by atoms with Gasteiger partial charge in [-0.05, 0) is 51.5 Å². The minimum absolute atomic E-state index is 0.315. The molecule has 1 saturated heterocycles. The quantitative estimate of drug-likeness (QED) is 0.753. The number of nitrogens with one attached hydrogen (secondary N) is 1. The lowest BCUT2D eigenvalue weighted by atomic mass is 9.99. The van der Waals surface area contributed by atoms with E-state index in [2.05, 4.69) is 30.1 Å². The van der Waals surface area contributed by atoms with Crippen LogP contribution in [-0.2, 0) is 0 Å². The highest BCUT2D eigenvalue weighted by Gasteiger charge is 2.33. The molecule has 0 aromatic rings. The first-order valence-corrected chi connectivity index (χ1v) is 7.56. The summed E-state index contributed by atoms with van der Waals surface area (Å²) in [4.78, 5) is 2.55. The van der Waals surface area contributed by atoms with E-state index in [1.165, 1.54) is 45.2 Å². The zero-order chi connectivity index (χ0) is 13.0. The van der Waals surface area contributed by atoms with Gasteiger partial charge in [-0.25, -0.2) is 0 Å². The van der Waals surface area contributed by atoms with Gasteiger partial charge in [0, 0.05) is 19.1 Å². The maximum absolute atomic E-state index is 9.34. The van der Waals surface area contributed by atoms with E-state index in [-0.39, 0.29) is 5.54 Å². The van der Waals surface area contributed by atoms with Gasteiger partial charge in [0.1, 0.15) is 5.54 Å². The van der Waals surface area contributed by atoms with Crippen LogP contribution in [0, 0.1) is 17.2 Å². The second kappa shape index (κ2) is 6.04. The van der Waals surface area contributed by atoms with Gasteiger partial charge in [0.15, 0.2) is 0 Å². The summed E-state index contributed by atoms with van der Waals surface area (Å²) in [7, 11) is 0. The van der Waals surface area contributed by atoms with Gasteiger partial charge in [-0.2, -0.15) is 5.26 Å². The van der Waals surface area contributed by atoms with Crippen LogP contribution in [0.2, 0.25) is 0 Å². The molecule has 1 aliphatic heterocycles. The van der Waals surface area contributed by atoms with Crippen molar-refractivity contribution in [1.29, 1.82) is 5.26 Å². The fourth-order valence-corrected chi connectivity index (χ4v) is 2.98. The standard InChI is InChI=1S/C15H27N3/c1-3-4-13-7-9-18(11-13)10-8-15(2,12-16)17-14-5-6-14/h13-14,17H,3-11H2,1-2H3. The van der Waals surface area contributed by atoms with E-state index >= 15 is 0 Å². The van der Waals surface area contributed by atoms with Crippen molar-refractivity contribution in [1.82, 2.24) is 10.2 Å². The van der Waals surface area contributed by atoms with Crippen LogP contribution in [0.15, 0.2) is 0 Å². The first-order valence-electron chi connectivity index (χ1n) is 7.56. The molecule has 1 heterocycles. The fraction of sp³-hybridized carbons (Fsp3) is 0.933. The van der Waals surface area contributed by atoms with Crippen LogP contribution in [0.1, 0.15) is 52.4 Å². The third kappa shape index (κ3) is 3.96. The molecule has 18 heavy (non-hydrogen) atoms. The topological polar surface area (TPSA) is 39.1 Å². The molecule has 2 atom stereocenters. The Labute approximate surface area is 112 Å². The monoisotopic (exact) mass is 249 g/mol. The summed E-state index contributed by atoms with van der Waals surface area (Å²) >= 11 is 0. The van der Waals surface area contributed by atoms with Crippen molar-refractivity contribution in [2.24, 2.45) is 5.92 Å². The summed E-state index contributed by atoms with van der Waals surface area (Å²) in [6.45, 7) is 7.89. The predicted octanol–water partition coefficient (Wildman–Crippen LogP) is 2.53. The average Bonchev–Trinajstić information content (AvgIpc) is 3.05. The Balaban J connectivity index is 1.71. The molecule has 1 aliphatic carbocycles. The van der Waals surface area contributed by atoms with Crippen LogP contribution in [0.25, 0.3) is 0 Å². The molecule has 3 nitrogen and oxygen atoms in total. The molecule has 2 unspecified atom stereocenters. The Morgan fingerprint density at radius 2 is 2.17 bits per heavy atom. The van der Waals surface area contributed by atoms with Crippen molar-refractivity contribution in [3.05, 3.63) is 0 Å². The lowest BCUT2D eigenvalue weighted by molar-refractivity contribution is 0.278. The summed E-state index contributed by atoms with van der Waals surface area (Å²) in [6, 6.07) is 3.08. The highest BCUT2D eigenvalue weighted by atomic mass is 15.2. The number of rotatable bonds is 7. The number of nitriles is 1. The van der Waals surface area contributed by atoms with Crippen LogP contribution >= 0.6 is 0 Å². The van der Waals surface area contributed by atoms with E-state index < -0.39 is 0 Å². The molecule has 0 bridgehead atoms. The molecule has 0 aromatic heterocycles. The molecular weight excluding hydrogens is 222 g/mol. The third-order valence-electron chi connectivity index (χ3n) is 4.34. The Morgan fingerprint density at radius 1 is 1.39 bits per heavy atom. The normalized spacial score (nSPS) is 27.9. The Hall–Kier alpha value is -0.590. The van der Waals surface area contributed by atoms with E-state index in [9.17, 15) is 5.26 Å². The molecule has 2 rings (SSSR count). The molecule has 0 amide bonds. The summed E-state index contributed by atoms with van der Waals surface area (Å²) in [5, 5.41) is 12.8. The fourth-order valence-electron chi connectivity index (χ4n) is 2.98. The van der Waals surface area contributed by atoms with E-state index in [1.54, 1.807) is 0 Å². The zero-order valence-corrected chi connectivity index (χ0v) is 11.9. The first kappa shape index (κ1) is 13.8. The lowest BCUT2D eigenvalue weighted by Gasteiger charge is -2.26. The SMILES string of the molecule is CCCC1CCN(CCC(C)(C#N)NC2CC2)C1. The van der Waals surface area contributed by atoms with Crippen molar-refractivity contribution in [3.63, 3.8) is 0 Å². The molecule has 102 valence electrons. The van der Waals surface area contributed by atoms with Gasteiger partial charge in [-0.1, -0.05) is 13.3 Å². The van der Waals surface area contributed by atoms with Crippen LogP contribution in [0.3, 0.4) is 0 Å². The molecule has 0 radical (unpaired) electrons. The number of likely N-dealkylation sites (tertiary alicyclic amines) is 1. The lowest BCUT2D eigenvalue weighted by Crippen LogP contribution is -2.44. The molecular formula is C15H27N3. The summed E-state index contributed by atoms with van der Waals surface area (Å²) in [5.74, 6) is 0.903. The van der Waals surface area contributed by atoms with Crippen LogP contribution in [0.4, 0.5) is 0 Å². The zero-order valence-electron chi connectivity index (χ0n) is 11.9. The largest absolute Gasteiger partial charge is 0.303 e. The van der Waals surface area contributed by atoms with Crippen LogP contribution in [0.5, 0.6) is 0 Å². The summed E-state index contributed by atoms with van der Waals surface area (Å²) in [5.41, 5.74) is -0.315. The van der Waals surface area contributed by atoms with Crippen molar-refractivity contribution in [2.45, 2.75) is 64.0 Å². The Kier molecular flexibility index (Phi) is 4.64. The van der Waals surface area contributed by atoms with Crippen molar-refractivity contribution >= 4 is 0 Å². The average molecular weight is 249 g/mol. The predicted molar refractivity (Wildman–Crippen MR) is 74.2 cm³/mol. The molecule has 2 aliphatic rings. The molecule has 0 aromatic carbocycles. The highest BCUT2D eigenvalue weighted by molar-refractivity contribution is 5.07. The Morgan fingerprint density at radius 3 is 2.78 bits per heavy atom. The smallest absolute Gasteiger partial charge is 0.105 e. The number of hydrogen-bond donors (Lipinski definition) is 1. The first-order chi connectivity index (χ1) is 8.65. The maximum atomic E-state index is 9.34. The van der Waals surface area contributed by atoms with Crippen molar-refractivity contribution in [3.8, 4) is 6.07 Å². The van der Waals surface area contributed by atoms with Crippen molar-refractivity contribution < 1.29 is 0 Å². The second-order valence-corrected chi connectivity index (χ2v) is 6.36. The molecule has 0 spiro atoms. The molecule has 1 N–H and O–H groups in total. The van der Waals surface area contributed by atoms with Gasteiger partial charge >= 0.3 is 0 Å². The van der Waals surface area contributed by atoms with Gasteiger partial charge in [0.2, 0.25) is 0 Å². The molecule has 2 fully saturated rings. The Bertz CT molecular complexity index is 305. The van der Waals surface area contributed by atoms with Crippen LogP contribution in [-0.4, -0.2) is 36.1 Å². The van der Waals surface area contributed by atoms with E-state index in [1.807, 2.05) is 0 Å². The summed E-state index contributed by atoms with van der Waals surface area (Å²) < 4.78 is 0. The van der Waals surface area contributed by atoms with Gasteiger partial charge in [0.25, 0.3) is 0 Å². The minimum Gasteiger partial charge on any atom is -0.303 e. The molecule has 1 saturated carbocycles. The van der Waals surface area contributed by atoms with Crippen molar-refractivity contribution in [2.75, 3.05) is 19.6 Å². The van der Waals surface area contributed by atoms with E-state index in [0.29, 0.717) is 6.04 Å². The van der Waals surface area contributed by atoms with E-state index in [4.69, 9.17) is 0 Å². The second-order valence-electron chi connectivity index (χ2n) is 6.36. The van der Waals surface area contributed by atoms with Gasteiger partial charge < -0.3 is 4.90 Å². The van der Waals surface area contributed by atoms with E-state index in [0.717, 1.165) is 18.9 Å². The van der Waals surface area contributed by atoms with Crippen LogP contribution < -0.4 is 5.32 Å². The highest BCUT2D eigenvalue weighted by Crippen LogP contribution is 2.25. The van der Waals surface area contributed by atoms with Gasteiger partial charge in [-0.15, -0.1) is 0 Å². The minimum atomic E-state index is -0.315. The molecule has 3 heteroatoms. The number of nitrogens with zero attached hydrogens (tertiary/aromatic N) is 2. The van der Waals surface area contributed by atoms with Gasteiger partial charge in [0.05, 0.1) is 6.07 Å². The third-order valence-corrected chi connectivity index (χ3v) is 4.34. The van der Waals surface area contributed by atoms with Gasteiger partial charge in [-0.3, -0.25) is 5.32 Å². The summed E-state index contributed by atoms with van der Waals surface area (Å²) in [6.07, 6.45) is 7.48. The maximum Gasteiger partial charge on any atom is 0.105 e.